The minimum atomic E-state index is -0.214. The van der Waals surface area contributed by atoms with Crippen LogP contribution in [0.25, 0.3) is 0 Å². The van der Waals surface area contributed by atoms with Crippen molar-refractivity contribution in [2.45, 2.75) is 19.4 Å². The maximum Gasteiger partial charge on any atom is 0.257 e. The molecule has 0 fully saturated rings. The van der Waals surface area contributed by atoms with E-state index in [4.69, 9.17) is 11.1 Å². The number of amides is 1. The highest BCUT2D eigenvalue weighted by Gasteiger charge is 2.20. The minimum Gasteiger partial charge on any atom is -0.338 e. The van der Waals surface area contributed by atoms with Crippen molar-refractivity contribution in [2.75, 3.05) is 12.5 Å². The van der Waals surface area contributed by atoms with Crippen molar-refractivity contribution in [3.05, 3.63) is 23.9 Å². The Morgan fingerprint density at radius 3 is 3.06 bits per heavy atom. The van der Waals surface area contributed by atoms with E-state index in [0.717, 1.165) is 0 Å². The maximum absolute atomic E-state index is 12.1. The summed E-state index contributed by atoms with van der Waals surface area (Å²) in [5, 5.41) is 8.61. The zero-order chi connectivity index (χ0) is 12.8. The molecule has 0 spiro atoms. The molecule has 1 aromatic rings. The summed E-state index contributed by atoms with van der Waals surface area (Å²) in [6.45, 7) is 1.81. The molecule has 1 unspecified atom stereocenters. The number of carbonyl (C=O) groups excluding carboxylic acids is 1. The summed E-state index contributed by atoms with van der Waals surface area (Å²) in [6, 6.07) is 5.18. The number of pyridine rings is 1. The molecule has 0 bridgehead atoms. The van der Waals surface area contributed by atoms with E-state index in [1.165, 1.54) is 4.90 Å². The Kier molecular flexibility index (Phi) is 4.43. The average Bonchev–Trinajstić information content (AvgIpc) is 2.37. The highest BCUT2D eigenvalue weighted by atomic mass is 16.2. The van der Waals surface area contributed by atoms with Crippen molar-refractivity contribution >= 4 is 11.7 Å². The molecule has 0 saturated carbocycles. The number of carbonyl (C=O) groups is 1. The van der Waals surface area contributed by atoms with Gasteiger partial charge in [-0.05, 0) is 19.1 Å². The van der Waals surface area contributed by atoms with Gasteiger partial charge in [-0.15, -0.1) is 0 Å². The van der Waals surface area contributed by atoms with Crippen molar-refractivity contribution < 1.29 is 4.79 Å². The monoisotopic (exact) mass is 233 g/mol. The van der Waals surface area contributed by atoms with Gasteiger partial charge in [0.15, 0.2) is 5.82 Å². The van der Waals surface area contributed by atoms with Crippen LogP contribution in [0.3, 0.4) is 0 Å². The topological polar surface area (TPSA) is 95.0 Å². The molecule has 0 aromatic carbocycles. The molecule has 1 atom stereocenters. The molecule has 0 aliphatic heterocycles. The Bertz CT molecular complexity index is 440. The van der Waals surface area contributed by atoms with Gasteiger partial charge in [-0.25, -0.2) is 10.8 Å². The fourth-order valence-corrected chi connectivity index (χ4v) is 1.35. The lowest BCUT2D eigenvalue weighted by molar-refractivity contribution is 0.0747. The van der Waals surface area contributed by atoms with Crippen molar-refractivity contribution in [1.29, 1.82) is 5.26 Å². The number of nitrogens with zero attached hydrogens (tertiary/aromatic N) is 3. The molecule has 3 N–H and O–H groups in total. The number of hydrogen-bond donors (Lipinski definition) is 2. The summed E-state index contributed by atoms with van der Waals surface area (Å²) < 4.78 is 0. The number of nitriles is 1. The first-order valence-electron chi connectivity index (χ1n) is 5.17. The second kappa shape index (κ2) is 5.82. The van der Waals surface area contributed by atoms with Gasteiger partial charge in [-0.2, -0.15) is 5.26 Å². The van der Waals surface area contributed by atoms with Gasteiger partial charge >= 0.3 is 0 Å². The standard InChI is InChI=1S/C11H15N5O/c1-8(5-6-12)16(2)11(17)9-4-3-7-14-10(9)15-13/h3-4,7-8H,5,13H2,1-2H3,(H,14,15). The first-order valence-corrected chi connectivity index (χ1v) is 5.17. The Hall–Kier alpha value is -2.13. The third kappa shape index (κ3) is 2.92. The van der Waals surface area contributed by atoms with Crippen LogP contribution in [-0.2, 0) is 0 Å². The number of aromatic nitrogens is 1. The van der Waals surface area contributed by atoms with Crippen LogP contribution >= 0.6 is 0 Å². The van der Waals surface area contributed by atoms with Crippen molar-refractivity contribution in [3.63, 3.8) is 0 Å². The molecule has 6 nitrogen and oxygen atoms in total. The number of nitrogens with one attached hydrogen (secondary N) is 1. The Labute approximate surface area is 100 Å². The van der Waals surface area contributed by atoms with Crippen LogP contribution in [0.2, 0.25) is 0 Å². The molecule has 1 heterocycles. The summed E-state index contributed by atoms with van der Waals surface area (Å²) in [6.07, 6.45) is 1.83. The van der Waals surface area contributed by atoms with Crippen LogP contribution in [0.4, 0.5) is 5.82 Å². The average molecular weight is 233 g/mol. The van der Waals surface area contributed by atoms with Crippen LogP contribution in [0.15, 0.2) is 18.3 Å². The second-order valence-electron chi connectivity index (χ2n) is 3.67. The number of nitrogens with two attached hydrogens (primary N) is 1. The number of hydrazine groups is 1. The van der Waals surface area contributed by atoms with Crippen LogP contribution in [0, 0.1) is 11.3 Å². The van der Waals surface area contributed by atoms with E-state index < -0.39 is 0 Å². The van der Waals surface area contributed by atoms with E-state index in [0.29, 0.717) is 11.4 Å². The molecule has 6 heteroatoms. The molecule has 1 rings (SSSR count). The quantitative estimate of drug-likeness (QED) is 0.590. The predicted molar refractivity (Wildman–Crippen MR) is 63.8 cm³/mol. The fraction of sp³-hybridized carbons (Fsp3) is 0.364. The Balaban J connectivity index is 2.93. The molecular formula is C11H15N5O. The van der Waals surface area contributed by atoms with E-state index in [1.54, 1.807) is 25.4 Å². The van der Waals surface area contributed by atoms with Gasteiger partial charge in [0.2, 0.25) is 0 Å². The molecule has 1 amide bonds. The first-order chi connectivity index (χ1) is 8.11. The molecule has 0 saturated heterocycles. The lowest BCUT2D eigenvalue weighted by atomic mass is 10.1. The summed E-state index contributed by atoms with van der Waals surface area (Å²) in [4.78, 5) is 17.6. The third-order valence-electron chi connectivity index (χ3n) is 2.54. The predicted octanol–water partition coefficient (Wildman–Crippen LogP) is 0.741. The first kappa shape index (κ1) is 12.9. The van der Waals surface area contributed by atoms with Crippen molar-refractivity contribution in [1.82, 2.24) is 9.88 Å². The van der Waals surface area contributed by atoms with Crippen molar-refractivity contribution in [2.24, 2.45) is 5.84 Å². The summed E-state index contributed by atoms with van der Waals surface area (Å²) in [7, 11) is 1.65. The summed E-state index contributed by atoms with van der Waals surface area (Å²) >= 11 is 0. The SMILES string of the molecule is CC(CC#N)N(C)C(=O)c1cccnc1NN. The second-order valence-corrected chi connectivity index (χ2v) is 3.67. The summed E-state index contributed by atoms with van der Waals surface area (Å²) in [5.74, 6) is 5.40. The number of rotatable bonds is 4. The van der Waals surface area contributed by atoms with Gasteiger partial charge in [0.05, 0.1) is 18.1 Å². The largest absolute Gasteiger partial charge is 0.338 e. The fourth-order valence-electron chi connectivity index (χ4n) is 1.35. The maximum atomic E-state index is 12.1. The van der Waals surface area contributed by atoms with E-state index in [2.05, 4.69) is 10.4 Å². The number of hydrogen-bond acceptors (Lipinski definition) is 5. The van der Waals surface area contributed by atoms with Crippen LogP contribution in [0.1, 0.15) is 23.7 Å². The van der Waals surface area contributed by atoms with Gasteiger partial charge in [0.25, 0.3) is 5.91 Å². The van der Waals surface area contributed by atoms with Gasteiger partial charge in [-0.1, -0.05) is 0 Å². The smallest absolute Gasteiger partial charge is 0.257 e. The molecule has 90 valence electrons. The zero-order valence-corrected chi connectivity index (χ0v) is 9.84. The molecule has 17 heavy (non-hydrogen) atoms. The van der Waals surface area contributed by atoms with E-state index in [9.17, 15) is 4.79 Å². The van der Waals surface area contributed by atoms with E-state index in [1.807, 2.05) is 13.0 Å². The van der Waals surface area contributed by atoms with Crippen molar-refractivity contribution in [3.8, 4) is 6.07 Å². The van der Waals surface area contributed by atoms with Gasteiger partial charge in [0.1, 0.15) is 0 Å². The molecule has 0 aliphatic carbocycles. The molecule has 0 radical (unpaired) electrons. The minimum absolute atomic E-state index is 0.154. The van der Waals surface area contributed by atoms with Gasteiger partial charge in [-0.3, -0.25) is 4.79 Å². The van der Waals surface area contributed by atoms with Gasteiger partial charge < -0.3 is 10.3 Å². The van der Waals surface area contributed by atoms with E-state index in [-0.39, 0.29) is 18.4 Å². The van der Waals surface area contributed by atoms with E-state index >= 15 is 0 Å². The normalized spacial score (nSPS) is 11.4. The Morgan fingerprint density at radius 2 is 2.47 bits per heavy atom. The highest BCUT2D eigenvalue weighted by Crippen LogP contribution is 2.14. The van der Waals surface area contributed by atoms with Crippen LogP contribution in [0.5, 0.6) is 0 Å². The number of anilines is 1. The lowest BCUT2D eigenvalue weighted by Crippen LogP contribution is -2.35. The van der Waals surface area contributed by atoms with Crippen LogP contribution in [-0.4, -0.2) is 28.9 Å². The van der Waals surface area contributed by atoms with Gasteiger partial charge in [0, 0.05) is 19.3 Å². The lowest BCUT2D eigenvalue weighted by Gasteiger charge is -2.23. The third-order valence-corrected chi connectivity index (χ3v) is 2.54. The number of nitrogen functional groups attached to an aromatic ring is 1. The summed E-state index contributed by atoms with van der Waals surface area (Å²) in [5.41, 5.74) is 2.77. The Morgan fingerprint density at radius 1 is 1.76 bits per heavy atom. The molecule has 1 aromatic heterocycles. The highest BCUT2D eigenvalue weighted by molar-refractivity contribution is 5.98. The molecular weight excluding hydrogens is 218 g/mol. The zero-order valence-electron chi connectivity index (χ0n) is 9.84. The molecule has 0 aliphatic rings. The van der Waals surface area contributed by atoms with Crippen LogP contribution < -0.4 is 11.3 Å².